The van der Waals surface area contributed by atoms with Gasteiger partial charge in [0.15, 0.2) is 11.5 Å². The number of rotatable bonds is 3. The van der Waals surface area contributed by atoms with Gasteiger partial charge in [-0.3, -0.25) is 9.48 Å². The van der Waals surface area contributed by atoms with Gasteiger partial charge in [0.25, 0.3) is 5.91 Å². The van der Waals surface area contributed by atoms with Crippen molar-refractivity contribution >= 4 is 5.91 Å². The molecule has 3 heterocycles. The minimum atomic E-state index is -0.0645. The van der Waals surface area contributed by atoms with Crippen LogP contribution in [-0.4, -0.2) is 53.2 Å². The van der Waals surface area contributed by atoms with E-state index in [4.69, 9.17) is 14.2 Å². The maximum atomic E-state index is 12.9. The first kappa shape index (κ1) is 15.0. The Morgan fingerprint density at radius 2 is 2.21 bits per heavy atom. The second-order valence-electron chi connectivity index (χ2n) is 5.89. The molecule has 0 spiro atoms. The fraction of sp³-hybridized carbons (Fsp3) is 0.412. The van der Waals surface area contributed by atoms with Crippen molar-refractivity contribution in [3.8, 4) is 11.5 Å². The largest absolute Gasteiger partial charge is 0.454 e. The molecule has 1 aromatic carbocycles. The third-order valence-corrected chi connectivity index (χ3v) is 4.21. The number of nitrogens with zero attached hydrogens (tertiary/aromatic N) is 3. The molecule has 1 fully saturated rings. The summed E-state index contributed by atoms with van der Waals surface area (Å²) in [5.74, 6) is 1.30. The maximum Gasteiger partial charge on any atom is 0.254 e. The van der Waals surface area contributed by atoms with Gasteiger partial charge in [0.05, 0.1) is 12.6 Å². The van der Waals surface area contributed by atoms with Crippen LogP contribution in [0.5, 0.6) is 11.5 Å². The Morgan fingerprint density at radius 1 is 1.29 bits per heavy atom. The normalized spacial score (nSPS) is 20.0. The third-order valence-electron chi connectivity index (χ3n) is 4.21. The molecule has 2 aliphatic heterocycles. The van der Waals surface area contributed by atoms with Crippen molar-refractivity contribution in [2.45, 2.75) is 19.1 Å². The molecule has 24 heavy (non-hydrogen) atoms. The van der Waals surface area contributed by atoms with E-state index in [1.54, 1.807) is 24.4 Å². The first-order chi connectivity index (χ1) is 11.8. The van der Waals surface area contributed by atoms with Gasteiger partial charge in [-0.15, -0.1) is 0 Å². The number of amides is 1. The van der Waals surface area contributed by atoms with Crippen molar-refractivity contribution in [1.82, 2.24) is 14.7 Å². The van der Waals surface area contributed by atoms with Crippen molar-refractivity contribution in [3.05, 3.63) is 42.2 Å². The molecule has 4 rings (SSSR count). The molecule has 0 radical (unpaired) electrons. The highest BCUT2D eigenvalue weighted by Gasteiger charge is 2.25. The fourth-order valence-electron chi connectivity index (χ4n) is 3.02. The molecule has 7 nitrogen and oxygen atoms in total. The molecule has 1 aromatic heterocycles. The monoisotopic (exact) mass is 329 g/mol. The second kappa shape index (κ2) is 6.52. The lowest BCUT2D eigenvalue weighted by Gasteiger charge is -2.24. The highest BCUT2D eigenvalue weighted by molar-refractivity contribution is 5.95. The molecule has 1 amide bonds. The lowest BCUT2D eigenvalue weighted by Crippen LogP contribution is -2.38. The van der Waals surface area contributed by atoms with E-state index in [1.807, 2.05) is 21.8 Å². The summed E-state index contributed by atoms with van der Waals surface area (Å²) in [6.07, 6.45) is 4.40. The number of carbonyl (C=O) groups excluding carboxylic acids is 1. The summed E-state index contributed by atoms with van der Waals surface area (Å²) in [5.41, 5.74) is 0.610. The van der Waals surface area contributed by atoms with Gasteiger partial charge < -0.3 is 19.1 Å². The van der Waals surface area contributed by atoms with Crippen molar-refractivity contribution in [1.29, 1.82) is 0 Å². The van der Waals surface area contributed by atoms with Gasteiger partial charge in [0, 0.05) is 37.7 Å². The van der Waals surface area contributed by atoms with Crippen LogP contribution in [0.1, 0.15) is 16.8 Å². The van der Waals surface area contributed by atoms with Gasteiger partial charge in [-0.2, -0.15) is 5.10 Å². The highest BCUT2D eigenvalue weighted by Crippen LogP contribution is 2.32. The van der Waals surface area contributed by atoms with Crippen LogP contribution in [0.25, 0.3) is 0 Å². The Bertz CT molecular complexity index is 717. The number of aromatic nitrogens is 2. The zero-order chi connectivity index (χ0) is 16.4. The number of carbonyl (C=O) groups is 1. The standard InChI is InChI=1S/C17H19N3O4/c21-17(13-3-4-15-16(9-13)24-12-23-15)19-6-2-8-22-14(10-19)11-20-7-1-5-18-20/h1,3-5,7,9,14H,2,6,8,10-12H2/t14-/m0/s1. The predicted molar refractivity (Wildman–Crippen MR) is 85.1 cm³/mol. The Labute approximate surface area is 139 Å². The van der Waals surface area contributed by atoms with E-state index < -0.39 is 0 Å². The molecule has 2 aromatic rings. The lowest BCUT2D eigenvalue weighted by atomic mass is 10.1. The van der Waals surface area contributed by atoms with E-state index in [0.29, 0.717) is 43.3 Å². The van der Waals surface area contributed by atoms with E-state index in [0.717, 1.165) is 6.42 Å². The van der Waals surface area contributed by atoms with Crippen LogP contribution in [-0.2, 0) is 11.3 Å². The fourth-order valence-corrected chi connectivity index (χ4v) is 3.02. The Kier molecular flexibility index (Phi) is 4.08. The summed E-state index contributed by atoms with van der Waals surface area (Å²) in [4.78, 5) is 14.7. The number of benzene rings is 1. The quantitative estimate of drug-likeness (QED) is 0.855. The van der Waals surface area contributed by atoms with Crippen molar-refractivity contribution in [2.75, 3.05) is 26.5 Å². The smallest absolute Gasteiger partial charge is 0.254 e. The van der Waals surface area contributed by atoms with Gasteiger partial charge in [-0.1, -0.05) is 0 Å². The van der Waals surface area contributed by atoms with E-state index in [-0.39, 0.29) is 18.8 Å². The minimum Gasteiger partial charge on any atom is -0.454 e. The SMILES string of the molecule is O=C(c1ccc2c(c1)OCO2)N1CCCO[C@H](Cn2cccn2)C1. The number of hydrogen-bond acceptors (Lipinski definition) is 5. The van der Waals surface area contributed by atoms with Crippen LogP contribution in [0.3, 0.4) is 0 Å². The summed E-state index contributed by atoms with van der Waals surface area (Å²) in [7, 11) is 0. The predicted octanol–water partition coefficient (Wildman–Crippen LogP) is 1.54. The molecule has 2 aliphatic rings. The molecule has 0 saturated carbocycles. The van der Waals surface area contributed by atoms with Crippen LogP contribution < -0.4 is 9.47 Å². The zero-order valence-electron chi connectivity index (χ0n) is 13.3. The average molecular weight is 329 g/mol. The van der Waals surface area contributed by atoms with E-state index in [9.17, 15) is 4.79 Å². The molecule has 1 atom stereocenters. The Balaban J connectivity index is 1.48. The minimum absolute atomic E-state index is 0.00994. The molecule has 7 heteroatoms. The molecule has 1 saturated heterocycles. The van der Waals surface area contributed by atoms with E-state index >= 15 is 0 Å². The number of hydrogen-bond donors (Lipinski definition) is 0. The zero-order valence-corrected chi connectivity index (χ0v) is 13.3. The van der Waals surface area contributed by atoms with Crippen molar-refractivity contribution in [3.63, 3.8) is 0 Å². The summed E-state index contributed by atoms with van der Waals surface area (Å²) in [6.45, 7) is 2.72. The number of ether oxygens (including phenoxy) is 3. The third kappa shape index (κ3) is 3.07. The van der Waals surface area contributed by atoms with E-state index in [1.165, 1.54) is 0 Å². The molecule has 0 unspecified atom stereocenters. The lowest BCUT2D eigenvalue weighted by molar-refractivity contribution is 0.0367. The van der Waals surface area contributed by atoms with Crippen LogP contribution in [0.2, 0.25) is 0 Å². The highest BCUT2D eigenvalue weighted by atomic mass is 16.7. The van der Waals surface area contributed by atoms with Gasteiger partial charge in [0.2, 0.25) is 6.79 Å². The second-order valence-corrected chi connectivity index (χ2v) is 5.89. The number of fused-ring (bicyclic) bond motifs is 1. The van der Waals surface area contributed by atoms with Crippen LogP contribution in [0.15, 0.2) is 36.7 Å². The maximum absolute atomic E-state index is 12.9. The summed E-state index contributed by atoms with van der Waals surface area (Å²) >= 11 is 0. The van der Waals surface area contributed by atoms with Gasteiger partial charge >= 0.3 is 0 Å². The van der Waals surface area contributed by atoms with Crippen molar-refractivity contribution < 1.29 is 19.0 Å². The van der Waals surface area contributed by atoms with Gasteiger partial charge in [-0.05, 0) is 30.7 Å². The molecule has 126 valence electrons. The molecular weight excluding hydrogens is 310 g/mol. The van der Waals surface area contributed by atoms with Crippen LogP contribution in [0, 0.1) is 0 Å². The first-order valence-corrected chi connectivity index (χ1v) is 8.07. The molecule has 0 aliphatic carbocycles. The summed E-state index contributed by atoms with van der Waals surface area (Å²) < 4.78 is 18.4. The molecule has 0 N–H and O–H groups in total. The van der Waals surface area contributed by atoms with Gasteiger partial charge in [0.1, 0.15) is 0 Å². The topological polar surface area (TPSA) is 65.8 Å². The molecular formula is C17H19N3O4. The summed E-state index contributed by atoms with van der Waals surface area (Å²) in [6, 6.07) is 7.19. The van der Waals surface area contributed by atoms with Crippen molar-refractivity contribution in [2.24, 2.45) is 0 Å². The van der Waals surface area contributed by atoms with E-state index in [2.05, 4.69) is 5.10 Å². The van der Waals surface area contributed by atoms with Crippen LogP contribution in [0.4, 0.5) is 0 Å². The summed E-state index contributed by atoms with van der Waals surface area (Å²) in [5, 5.41) is 4.21. The van der Waals surface area contributed by atoms with Crippen LogP contribution >= 0.6 is 0 Å². The Hall–Kier alpha value is -2.54. The van der Waals surface area contributed by atoms with Gasteiger partial charge in [-0.25, -0.2) is 0 Å². The average Bonchev–Trinajstić information content (AvgIpc) is 3.22. The first-order valence-electron chi connectivity index (χ1n) is 8.07. The Morgan fingerprint density at radius 3 is 3.08 bits per heavy atom. The molecule has 0 bridgehead atoms.